The van der Waals surface area contributed by atoms with Crippen LogP contribution in [-0.2, 0) is 16.0 Å². The number of methoxy groups -OCH3 is 1. The molecule has 10 nitrogen and oxygen atoms in total. The summed E-state index contributed by atoms with van der Waals surface area (Å²) in [5, 5.41) is 11.9. The summed E-state index contributed by atoms with van der Waals surface area (Å²) in [6.45, 7) is 1.05. The van der Waals surface area contributed by atoms with E-state index in [9.17, 15) is 19.5 Å². The number of carbonyl (C=O) groups is 3. The molecule has 2 amide bonds. The molecule has 0 saturated carbocycles. The smallest absolute Gasteiger partial charge is 0.409 e. The Bertz CT molecular complexity index is 1250. The molecule has 1 saturated heterocycles. The number of carboxylic acid groups (broad SMARTS) is 1. The Balaban J connectivity index is 1.27. The molecule has 0 bridgehead atoms. The molecule has 2 N–H and O–H groups in total. The molecule has 1 aliphatic rings. The molecule has 192 valence electrons. The summed E-state index contributed by atoms with van der Waals surface area (Å²) in [5.41, 5.74) is 0.912. The number of aromatic carboxylic acids is 1. The predicted molar refractivity (Wildman–Crippen MR) is 134 cm³/mol. The summed E-state index contributed by atoms with van der Waals surface area (Å²) in [6.07, 6.45) is 3.02. The molecule has 0 spiro atoms. The first-order valence-electron chi connectivity index (χ1n) is 11.8. The van der Waals surface area contributed by atoms with Crippen LogP contribution in [0, 0.1) is 0 Å². The molecule has 2 aromatic carbocycles. The van der Waals surface area contributed by atoms with E-state index in [1.807, 2.05) is 0 Å². The number of nitrogens with zero attached hydrogens (tertiary/aromatic N) is 2. The number of benzene rings is 2. The molecule has 1 atom stereocenters. The van der Waals surface area contributed by atoms with E-state index in [2.05, 4.69) is 10.3 Å². The molecule has 0 radical (unpaired) electrons. The fourth-order valence-electron chi connectivity index (χ4n) is 4.02. The Morgan fingerprint density at radius 1 is 1.05 bits per heavy atom. The van der Waals surface area contributed by atoms with E-state index in [-0.39, 0.29) is 35.7 Å². The first-order chi connectivity index (χ1) is 17.9. The highest BCUT2D eigenvalue weighted by Crippen LogP contribution is 2.24. The third-order valence-electron chi connectivity index (χ3n) is 5.87. The van der Waals surface area contributed by atoms with Gasteiger partial charge >= 0.3 is 12.1 Å². The molecular weight excluding hydrogens is 478 g/mol. The van der Waals surface area contributed by atoms with Crippen LogP contribution in [0.5, 0.6) is 17.4 Å². The van der Waals surface area contributed by atoms with Crippen LogP contribution in [0.15, 0.2) is 66.9 Å². The van der Waals surface area contributed by atoms with Crippen LogP contribution in [0.25, 0.3) is 0 Å². The monoisotopic (exact) mass is 505 g/mol. The van der Waals surface area contributed by atoms with E-state index in [0.29, 0.717) is 36.1 Å². The standard InChI is InChI=1S/C27H27N3O7/c1-35-27(34)30-14-4-5-19(30)17-36-20-9-11-21(12-10-20)37-25-13-8-18(16-28-25)15-24(31)29-23-7-3-2-6-22(23)26(32)33/h2-3,6-13,16,19H,4-5,14-15,17H2,1H3,(H,29,31)(H,32,33)/t19-/m0/s1. The Morgan fingerprint density at radius 3 is 2.51 bits per heavy atom. The van der Waals surface area contributed by atoms with Gasteiger partial charge in [-0.05, 0) is 54.8 Å². The number of amides is 2. The molecule has 37 heavy (non-hydrogen) atoms. The van der Waals surface area contributed by atoms with Gasteiger partial charge in [-0.1, -0.05) is 18.2 Å². The number of likely N-dealkylation sites (tertiary alicyclic amines) is 1. The van der Waals surface area contributed by atoms with E-state index in [4.69, 9.17) is 14.2 Å². The number of aromatic nitrogens is 1. The molecule has 1 fully saturated rings. The number of para-hydroxylation sites is 1. The van der Waals surface area contributed by atoms with Crippen LogP contribution in [0.4, 0.5) is 10.5 Å². The highest BCUT2D eigenvalue weighted by atomic mass is 16.5. The number of carbonyl (C=O) groups excluding carboxylic acids is 2. The Labute approximate surface area is 213 Å². The van der Waals surface area contributed by atoms with Crippen molar-refractivity contribution in [2.75, 3.05) is 25.6 Å². The average molecular weight is 506 g/mol. The predicted octanol–water partition coefficient (Wildman–Crippen LogP) is 4.36. The van der Waals surface area contributed by atoms with Crippen LogP contribution in [0.3, 0.4) is 0 Å². The van der Waals surface area contributed by atoms with Crippen LogP contribution in [0.1, 0.15) is 28.8 Å². The van der Waals surface area contributed by atoms with E-state index in [1.54, 1.807) is 59.5 Å². The fraction of sp³-hybridized carbons (Fsp3) is 0.259. The van der Waals surface area contributed by atoms with Gasteiger partial charge in [-0.25, -0.2) is 14.6 Å². The van der Waals surface area contributed by atoms with Crippen molar-refractivity contribution in [2.24, 2.45) is 0 Å². The third-order valence-corrected chi connectivity index (χ3v) is 5.87. The van der Waals surface area contributed by atoms with E-state index in [1.165, 1.54) is 19.4 Å². The summed E-state index contributed by atoms with van der Waals surface area (Å²) in [4.78, 5) is 41.4. The number of hydrogen-bond acceptors (Lipinski definition) is 7. The molecule has 0 aliphatic carbocycles. The lowest BCUT2D eigenvalue weighted by Gasteiger charge is -2.23. The first kappa shape index (κ1) is 25.5. The molecule has 2 heterocycles. The number of pyridine rings is 1. The van der Waals surface area contributed by atoms with Crippen LogP contribution in [-0.4, -0.2) is 59.3 Å². The second kappa shape index (κ2) is 11.9. The Morgan fingerprint density at radius 2 is 1.81 bits per heavy atom. The lowest BCUT2D eigenvalue weighted by molar-refractivity contribution is -0.115. The number of anilines is 1. The highest BCUT2D eigenvalue weighted by molar-refractivity contribution is 6.00. The van der Waals surface area contributed by atoms with Gasteiger partial charge in [0, 0.05) is 18.8 Å². The quantitative estimate of drug-likeness (QED) is 0.439. The first-order valence-corrected chi connectivity index (χ1v) is 11.8. The van der Waals surface area contributed by atoms with Gasteiger partial charge in [-0.2, -0.15) is 0 Å². The van der Waals surface area contributed by atoms with Crippen molar-refractivity contribution < 1.29 is 33.7 Å². The Kier molecular flexibility index (Phi) is 8.19. The lowest BCUT2D eigenvalue weighted by Crippen LogP contribution is -2.38. The van der Waals surface area contributed by atoms with Crippen LogP contribution < -0.4 is 14.8 Å². The zero-order valence-electron chi connectivity index (χ0n) is 20.3. The maximum Gasteiger partial charge on any atom is 0.409 e. The molecule has 10 heteroatoms. The Hall–Kier alpha value is -4.60. The van der Waals surface area contributed by atoms with Crippen molar-refractivity contribution in [1.82, 2.24) is 9.88 Å². The molecule has 4 rings (SSSR count). The number of nitrogens with one attached hydrogen (secondary N) is 1. The van der Waals surface area contributed by atoms with Gasteiger partial charge in [0.2, 0.25) is 11.8 Å². The molecule has 0 unspecified atom stereocenters. The number of hydrogen-bond donors (Lipinski definition) is 2. The number of rotatable bonds is 9. The lowest BCUT2D eigenvalue weighted by atomic mass is 10.1. The van der Waals surface area contributed by atoms with Crippen molar-refractivity contribution in [3.8, 4) is 17.4 Å². The maximum absolute atomic E-state index is 12.4. The van der Waals surface area contributed by atoms with Crippen molar-refractivity contribution in [1.29, 1.82) is 0 Å². The molecule has 3 aromatic rings. The van der Waals surface area contributed by atoms with Gasteiger partial charge in [-0.15, -0.1) is 0 Å². The topological polar surface area (TPSA) is 127 Å². The van der Waals surface area contributed by atoms with Crippen molar-refractivity contribution in [2.45, 2.75) is 25.3 Å². The van der Waals surface area contributed by atoms with Crippen molar-refractivity contribution in [3.05, 3.63) is 78.0 Å². The van der Waals surface area contributed by atoms with E-state index >= 15 is 0 Å². The SMILES string of the molecule is COC(=O)N1CCC[C@H]1COc1ccc(Oc2ccc(CC(=O)Nc3ccccc3C(=O)O)cn2)cc1. The van der Waals surface area contributed by atoms with Gasteiger partial charge in [0.25, 0.3) is 0 Å². The zero-order valence-corrected chi connectivity index (χ0v) is 20.3. The van der Waals surface area contributed by atoms with Crippen molar-refractivity contribution in [3.63, 3.8) is 0 Å². The van der Waals surface area contributed by atoms with Crippen LogP contribution >= 0.6 is 0 Å². The van der Waals surface area contributed by atoms with Gasteiger partial charge in [0.1, 0.15) is 18.1 Å². The largest absolute Gasteiger partial charge is 0.491 e. The highest BCUT2D eigenvalue weighted by Gasteiger charge is 2.29. The summed E-state index contributed by atoms with van der Waals surface area (Å²) in [6, 6.07) is 16.6. The molecular formula is C27H27N3O7. The van der Waals surface area contributed by atoms with Crippen molar-refractivity contribution >= 4 is 23.7 Å². The second-order valence-electron chi connectivity index (χ2n) is 8.42. The van der Waals surface area contributed by atoms with E-state index in [0.717, 1.165) is 12.8 Å². The second-order valence-corrected chi connectivity index (χ2v) is 8.42. The van der Waals surface area contributed by atoms with Gasteiger partial charge in [-0.3, -0.25) is 4.79 Å². The number of carboxylic acids is 1. The van der Waals surface area contributed by atoms with Crippen LogP contribution in [0.2, 0.25) is 0 Å². The molecule has 1 aliphatic heterocycles. The normalized spacial score (nSPS) is 14.6. The summed E-state index contributed by atoms with van der Waals surface area (Å²) in [7, 11) is 1.38. The van der Waals surface area contributed by atoms with Gasteiger partial charge in [0.15, 0.2) is 0 Å². The summed E-state index contributed by atoms with van der Waals surface area (Å²) >= 11 is 0. The van der Waals surface area contributed by atoms with Gasteiger partial charge < -0.3 is 29.5 Å². The molecule has 1 aromatic heterocycles. The minimum atomic E-state index is -1.11. The average Bonchev–Trinajstić information content (AvgIpc) is 3.38. The zero-order chi connectivity index (χ0) is 26.2. The maximum atomic E-state index is 12.4. The summed E-state index contributed by atoms with van der Waals surface area (Å²) < 4.78 is 16.4. The third kappa shape index (κ3) is 6.75. The minimum absolute atomic E-state index is 0.0138. The van der Waals surface area contributed by atoms with E-state index < -0.39 is 5.97 Å². The minimum Gasteiger partial charge on any atom is -0.491 e. The van der Waals surface area contributed by atoms with Gasteiger partial charge in [0.05, 0.1) is 30.8 Å². The number of ether oxygens (including phenoxy) is 3. The fourth-order valence-corrected chi connectivity index (χ4v) is 4.02. The summed E-state index contributed by atoms with van der Waals surface area (Å²) in [5.74, 6) is 0.106.